The molecule has 12 heteroatoms. The molecule has 3 aromatic rings. The first-order valence-corrected chi connectivity index (χ1v) is 13.9. The summed E-state index contributed by atoms with van der Waals surface area (Å²) < 4.78 is 42.6. The lowest BCUT2D eigenvalue weighted by molar-refractivity contribution is 0.390. The maximum absolute atomic E-state index is 13.5. The van der Waals surface area contributed by atoms with Crippen molar-refractivity contribution in [1.29, 1.82) is 0 Å². The predicted molar refractivity (Wildman–Crippen MR) is 136 cm³/mol. The van der Waals surface area contributed by atoms with Gasteiger partial charge in [-0.15, -0.1) is 10.2 Å². The Hall–Kier alpha value is -2.86. The third kappa shape index (κ3) is 5.08. The minimum absolute atomic E-state index is 0.0766. The maximum atomic E-state index is 13.5. The molecule has 4 rings (SSSR count). The lowest BCUT2D eigenvalue weighted by Gasteiger charge is -2.22. The van der Waals surface area contributed by atoms with Crippen LogP contribution in [0, 0.1) is 6.92 Å². The Morgan fingerprint density at radius 1 is 1.11 bits per heavy atom. The third-order valence-corrected chi connectivity index (χ3v) is 9.39. The van der Waals surface area contributed by atoms with Crippen molar-refractivity contribution in [1.82, 2.24) is 24.7 Å². The van der Waals surface area contributed by atoms with E-state index in [1.165, 1.54) is 0 Å². The molecule has 0 saturated carbocycles. The summed E-state index contributed by atoms with van der Waals surface area (Å²) in [4.78, 5) is 8.63. The lowest BCUT2D eigenvalue weighted by atomic mass is 10.1. The summed E-state index contributed by atoms with van der Waals surface area (Å²) in [7, 11) is -0.778. The molecule has 0 unspecified atom stereocenters. The first-order valence-electron chi connectivity index (χ1n) is 11.3. The van der Waals surface area contributed by atoms with Crippen LogP contribution < -0.4 is 14.2 Å². The number of hydrogen-bond acceptors (Lipinski definition) is 9. The molecule has 0 spiro atoms. The minimum atomic E-state index is -3.89. The Morgan fingerprint density at radius 3 is 2.34 bits per heavy atom. The number of sulfonamides is 1. The fourth-order valence-corrected chi connectivity index (χ4v) is 6.45. The van der Waals surface area contributed by atoms with Crippen LogP contribution in [0.3, 0.4) is 0 Å². The molecule has 1 aliphatic heterocycles. The van der Waals surface area contributed by atoms with Gasteiger partial charge in [0.15, 0.2) is 5.82 Å². The average Bonchev–Trinajstić information content (AvgIpc) is 3.52. The maximum Gasteiger partial charge on any atom is 0.243 e. The summed E-state index contributed by atoms with van der Waals surface area (Å²) in [6.45, 7) is 5.31. The van der Waals surface area contributed by atoms with E-state index in [2.05, 4.69) is 24.9 Å². The smallest absolute Gasteiger partial charge is 0.243 e. The first-order chi connectivity index (χ1) is 16.8. The molecule has 10 nitrogen and oxygen atoms in total. The number of rotatable bonds is 9. The summed E-state index contributed by atoms with van der Waals surface area (Å²) in [6, 6.07) is 5.40. The van der Waals surface area contributed by atoms with E-state index in [4.69, 9.17) is 9.47 Å². The van der Waals surface area contributed by atoms with Gasteiger partial charge in [-0.2, -0.15) is 11.8 Å². The quantitative estimate of drug-likeness (QED) is 0.450. The molecule has 2 aromatic heterocycles. The van der Waals surface area contributed by atoms with Gasteiger partial charge in [0.05, 0.1) is 24.7 Å². The number of ether oxygens (including phenoxy) is 2. The third-order valence-electron chi connectivity index (χ3n) is 6.17. The Bertz CT molecular complexity index is 1250. The largest absolute Gasteiger partial charge is 0.494 e. The van der Waals surface area contributed by atoms with E-state index in [9.17, 15) is 8.42 Å². The number of hydrogen-bond donors (Lipinski definition) is 1. The van der Waals surface area contributed by atoms with E-state index in [-0.39, 0.29) is 11.2 Å². The Balaban J connectivity index is 1.76. The Labute approximate surface area is 209 Å². The number of benzene rings is 1. The van der Waals surface area contributed by atoms with Crippen molar-refractivity contribution in [2.24, 2.45) is 0 Å². The van der Waals surface area contributed by atoms with Gasteiger partial charge in [0.1, 0.15) is 23.0 Å². The van der Waals surface area contributed by atoms with Crippen molar-refractivity contribution < 1.29 is 17.9 Å². The second-order valence-corrected chi connectivity index (χ2v) is 11.8. The standard InChI is InChI=1S/C23H30N6O4S2/c1-14-12-24-21(25-13-14)15(2)16(3)35(30,31)28-23-27-26-22(19-10-7-11-34-19)29(23)20-17(32-4)8-6-9-18(20)33-5/h6,8-9,12-13,15-16,19H,7,10-11H2,1-5H3,(H,27,28)/t15-,16-,19-/m0/s1. The van der Waals surface area contributed by atoms with E-state index >= 15 is 0 Å². The van der Waals surface area contributed by atoms with Crippen LogP contribution in [-0.2, 0) is 10.0 Å². The van der Waals surface area contributed by atoms with Gasteiger partial charge in [0.2, 0.25) is 16.0 Å². The zero-order valence-electron chi connectivity index (χ0n) is 20.4. The van der Waals surface area contributed by atoms with Crippen molar-refractivity contribution in [3.8, 4) is 17.2 Å². The van der Waals surface area contributed by atoms with Crippen molar-refractivity contribution in [2.75, 3.05) is 24.7 Å². The molecule has 0 bridgehead atoms. The molecule has 1 N–H and O–H groups in total. The predicted octanol–water partition coefficient (Wildman–Crippen LogP) is 3.88. The fraction of sp³-hybridized carbons (Fsp3) is 0.478. The Morgan fingerprint density at radius 2 is 1.77 bits per heavy atom. The number of nitrogens with zero attached hydrogens (tertiary/aromatic N) is 5. The number of aromatic nitrogens is 5. The SMILES string of the molecule is COc1cccc(OC)c1-n1c(NS(=O)(=O)[C@@H](C)[C@H](C)c2ncc(C)cn2)nnc1[C@@H]1CCCS1. The molecule has 188 valence electrons. The van der Waals surface area contributed by atoms with Gasteiger partial charge in [0.25, 0.3) is 0 Å². The molecule has 0 amide bonds. The highest BCUT2D eigenvalue weighted by molar-refractivity contribution is 7.99. The lowest BCUT2D eigenvalue weighted by Crippen LogP contribution is -2.31. The van der Waals surface area contributed by atoms with Gasteiger partial charge in [-0.1, -0.05) is 13.0 Å². The minimum Gasteiger partial charge on any atom is -0.494 e. The first kappa shape index (κ1) is 25.2. The monoisotopic (exact) mass is 518 g/mol. The fourth-order valence-electron chi connectivity index (χ4n) is 3.96. The van der Waals surface area contributed by atoms with Crippen LogP contribution in [0.5, 0.6) is 11.5 Å². The molecule has 3 heterocycles. The van der Waals surface area contributed by atoms with Gasteiger partial charge in [-0.3, -0.25) is 9.29 Å². The van der Waals surface area contributed by atoms with E-state index in [0.717, 1.165) is 24.2 Å². The van der Waals surface area contributed by atoms with Crippen molar-refractivity contribution in [2.45, 2.75) is 50.0 Å². The van der Waals surface area contributed by atoms with Gasteiger partial charge in [-0.05, 0) is 50.1 Å². The van der Waals surface area contributed by atoms with Crippen LogP contribution in [0.1, 0.15) is 55.1 Å². The van der Waals surface area contributed by atoms with Gasteiger partial charge < -0.3 is 9.47 Å². The number of methoxy groups -OCH3 is 2. The highest BCUT2D eigenvalue weighted by Crippen LogP contribution is 2.43. The second kappa shape index (κ2) is 10.4. The Kier molecular flexibility index (Phi) is 7.50. The molecular weight excluding hydrogens is 488 g/mol. The van der Waals surface area contributed by atoms with Crippen LogP contribution in [0.25, 0.3) is 5.69 Å². The van der Waals surface area contributed by atoms with Gasteiger partial charge in [0, 0.05) is 18.3 Å². The van der Waals surface area contributed by atoms with E-state index in [0.29, 0.717) is 28.8 Å². The van der Waals surface area contributed by atoms with Crippen LogP contribution in [-0.4, -0.2) is 58.4 Å². The normalized spacial score (nSPS) is 17.7. The van der Waals surface area contributed by atoms with Crippen LogP contribution >= 0.6 is 11.8 Å². The van der Waals surface area contributed by atoms with Crippen molar-refractivity contribution in [3.05, 3.63) is 47.8 Å². The zero-order chi connectivity index (χ0) is 25.2. The zero-order valence-corrected chi connectivity index (χ0v) is 22.1. The summed E-state index contributed by atoms with van der Waals surface area (Å²) in [5.41, 5.74) is 1.45. The number of anilines is 1. The summed E-state index contributed by atoms with van der Waals surface area (Å²) in [5, 5.41) is 7.92. The van der Waals surface area contributed by atoms with Crippen molar-refractivity contribution >= 4 is 27.7 Å². The highest BCUT2D eigenvalue weighted by atomic mass is 32.2. The van der Waals surface area contributed by atoms with E-state index in [1.54, 1.807) is 68.9 Å². The second-order valence-electron chi connectivity index (χ2n) is 8.49. The molecule has 1 aliphatic rings. The van der Waals surface area contributed by atoms with Crippen LogP contribution in [0.15, 0.2) is 30.6 Å². The molecule has 1 saturated heterocycles. The van der Waals surface area contributed by atoms with Crippen LogP contribution in [0.2, 0.25) is 0 Å². The molecule has 1 fully saturated rings. The summed E-state index contributed by atoms with van der Waals surface area (Å²) in [6.07, 6.45) is 5.34. The summed E-state index contributed by atoms with van der Waals surface area (Å²) >= 11 is 1.77. The molecule has 1 aromatic carbocycles. The molecule has 35 heavy (non-hydrogen) atoms. The van der Waals surface area contributed by atoms with Crippen LogP contribution in [0.4, 0.5) is 5.95 Å². The average molecular weight is 519 g/mol. The molecular formula is C23H30N6O4S2. The molecule has 3 atom stereocenters. The van der Waals surface area contributed by atoms with E-state index in [1.807, 2.05) is 13.0 Å². The van der Waals surface area contributed by atoms with Crippen molar-refractivity contribution in [3.63, 3.8) is 0 Å². The number of aryl methyl sites for hydroxylation is 1. The molecule has 0 aliphatic carbocycles. The summed E-state index contributed by atoms with van der Waals surface area (Å²) in [5.74, 6) is 2.79. The van der Waals surface area contributed by atoms with Gasteiger partial charge in [-0.25, -0.2) is 18.4 Å². The molecule has 0 radical (unpaired) electrons. The highest BCUT2D eigenvalue weighted by Gasteiger charge is 2.34. The number of para-hydroxylation sites is 1. The topological polar surface area (TPSA) is 121 Å². The van der Waals surface area contributed by atoms with Gasteiger partial charge >= 0.3 is 0 Å². The number of thioether (sulfide) groups is 1. The number of nitrogens with one attached hydrogen (secondary N) is 1. The van der Waals surface area contributed by atoms with E-state index < -0.39 is 21.2 Å².